The van der Waals surface area contributed by atoms with E-state index >= 15 is 0 Å². The molecule has 4 amide bonds. The van der Waals surface area contributed by atoms with Crippen LogP contribution in [0.2, 0.25) is 0 Å². The molecule has 4 aromatic carbocycles. The molecule has 4 aromatic rings. The second kappa shape index (κ2) is 16.1. The molecule has 12 nitrogen and oxygen atoms in total. The molecule has 2 aliphatic heterocycles. The minimum absolute atomic E-state index is 0.0664. The zero-order chi connectivity index (χ0) is 36.7. The number of piperazine rings is 1. The molecule has 266 valence electrons. The Morgan fingerprint density at radius 3 is 2.02 bits per heavy atom. The van der Waals surface area contributed by atoms with Gasteiger partial charge in [0.25, 0.3) is 21.9 Å². The van der Waals surface area contributed by atoms with Gasteiger partial charge in [0, 0.05) is 56.0 Å². The van der Waals surface area contributed by atoms with Crippen LogP contribution >= 0.6 is 0 Å². The van der Waals surface area contributed by atoms with Gasteiger partial charge < -0.3 is 24.9 Å². The van der Waals surface area contributed by atoms with Crippen LogP contribution in [0.15, 0.2) is 97.1 Å². The molecule has 0 aliphatic carbocycles. The zero-order valence-electron chi connectivity index (χ0n) is 28.8. The largest absolute Gasteiger partial charge is 0.339 e. The van der Waals surface area contributed by atoms with Gasteiger partial charge in [0.1, 0.15) is 6.54 Å². The van der Waals surface area contributed by atoms with E-state index in [2.05, 4.69) is 10.2 Å². The Morgan fingerprint density at radius 1 is 0.784 bits per heavy atom. The molecule has 0 unspecified atom stereocenters. The molecule has 0 aromatic heterocycles. The molecule has 0 spiro atoms. The molecule has 2 heterocycles. The number of amides is 4. The maximum Gasteiger partial charge on any atom is 0.261 e. The average Bonchev–Trinajstić information content (AvgIpc) is 3.24. The number of benzene rings is 4. The summed E-state index contributed by atoms with van der Waals surface area (Å²) in [7, 11) is -1.64. The van der Waals surface area contributed by atoms with Crippen molar-refractivity contribution in [3.63, 3.8) is 0 Å². The highest BCUT2D eigenvalue weighted by Crippen LogP contribution is 2.34. The minimum Gasteiger partial charge on any atom is -0.339 e. The molecule has 0 bridgehead atoms. The number of carbonyl (C=O) groups is 4. The number of likely N-dealkylation sites (N-methyl/N-ethyl adjacent to an activating group) is 1. The van der Waals surface area contributed by atoms with E-state index in [1.165, 1.54) is 4.90 Å². The highest BCUT2D eigenvalue weighted by Gasteiger charge is 2.32. The molecule has 2 aliphatic rings. The quantitative estimate of drug-likeness (QED) is 0.277. The lowest BCUT2D eigenvalue weighted by Crippen LogP contribution is -2.50. The van der Waals surface area contributed by atoms with Crippen LogP contribution in [0.25, 0.3) is 11.1 Å². The Balaban J connectivity index is 0.000000943. The van der Waals surface area contributed by atoms with Crippen molar-refractivity contribution in [3.05, 3.63) is 114 Å². The van der Waals surface area contributed by atoms with Crippen molar-refractivity contribution in [2.24, 2.45) is 0 Å². The van der Waals surface area contributed by atoms with E-state index in [0.29, 0.717) is 47.5 Å². The number of aryl methyl sites for hydroxylation is 1. The number of para-hydroxylation sites is 2. The van der Waals surface area contributed by atoms with Gasteiger partial charge in [-0.2, -0.15) is 8.42 Å². The van der Waals surface area contributed by atoms with Crippen LogP contribution in [-0.4, -0.2) is 99.0 Å². The lowest BCUT2D eigenvalue weighted by atomic mass is 9.98. The number of nitrogens with zero attached hydrogens (tertiary/aromatic N) is 4. The van der Waals surface area contributed by atoms with Gasteiger partial charge in [-0.25, -0.2) is 0 Å². The number of fused-ring (bicyclic) bond motifs is 1. The van der Waals surface area contributed by atoms with Crippen molar-refractivity contribution in [3.8, 4) is 11.1 Å². The molecular weight excluding hydrogens is 671 g/mol. The molecule has 0 atom stereocenters. The standard InChI is InChI=1S/C37H37N5O4.CH4O3S/c1-26-11-13-27(14-12-26)30-7-3-4-8-31(30)36(45)38-29-17-15-28(16-18-29)37(46)41-20-19-34(43)42(33-10-6-5-9-32(33)41)25-35(44)40-23-21-39(2)22-24-40;1-5(2,3)4/h3-18H,19-25H2,1-2H3,(H,38,45);1H3,(H,2,3,4). The molecule has 1 saturated heterocycles. The summed E-state index contributed by atoms with van der Waals surface area (Å²) in [4.78, 5) is 60.7. The van der Waals surface area contributed by atoms with Crippen LogP contribution in [0.1, 0.15) is 32.7 Å². The van der Waals surface area contributed by atoms with Crippen molar-refractivity contribution in [1.82, 2.24) is 9.80 Å². The van der Waals surface area contributed by atoms with E-state index in [4.69, 9.17) is 4.55 Å². The fourth-order valence-electron chi connectivity index (χ4n) is 5.91. The first-order chi connectivity index (χ1) is 24.3. The van der Waals surface area contributed by atoms with Gasteiger partial charge in [0.2, 0.25) is 11.8 Å². The fourth-order valence-corrected chi connectivity index (χ4v) is 5.91. The molecule has 6 rings (SSSR count). The molecule has 0 saturated carbocycles. The Hall–Kier alpha value is -5.37. The maximum absolute atomic E-state index is 13.8. The first kappa shape index (κ1) is 36.9. The predicted molar refractivity (Wildman–Crippen MR) is 198 cm³/mol. The molecular formula is C38H41N5O7S. The van der Waals surface area contributed by atoms with Crippen molar-refractivity contribution in [2.75, 3.05) is 67.7 Å². The smallest absolute Gasteiger partial charge is 0.261 e. The van der Waals surface area contributed by atoms with Crippen molar-refractivity contribution < 1.29 is 32.1 Å². The summed E-state index contributed by atoms with van der Waals surface area (Å²) in [6.07, 6.45) is 0.804. The third-order valence-electron chi connectivity index (χ3n) is 8.63. The molecule has 2 N–H and O–H groups in total. The molecule has 0 radical (unpaired) electrons. The first-order valence-corrected chi connectivity index (χ1v) is 18.3. The van der Waals surface area contributed by atoms with Crippen LogP contribution in [0.4, 0.5) is 17.1 Å². The predicted octanol–water partition coefficient (Wildman–Crippen LogP) is 4.58. The molecule has 1 fully saturated rings. The second-order valence-corrected chi connectivity index (χ2v) is 14.0. The Labute approximate surface area is 298 Å². The average molecular weight is 712 g/mol. The first-order valence-electron chi connectivity index (χ1n) is 16.5. The van der Waals surface area contributed by atoms with E-state index in [1.54, 1.807) is 52.3 Å². The van der Waals surface area contributed by atoms with Gasteiger partial charge in [-0.15, -0.1) is 0 Å². The lowest BCUT2D eigenvalue weighted by molar-refractivity contribution is -0.132. The molecule has 51 heavy (non-hydrogen) atoms. The van der Waals surface area contributed by atoms with Crippen molar-refractivity contribution >= 4 is 50.8 Å². The van der Waals surface area contributed by atoms with Gasteiger partial charge in [0.05, 0.1) is 17.6 Å². The molecule has 13 heteroatoms. The van der Waals surface area contributed by atoms with E-state index in [1.807, 2.05) is 68.6 Å². The number of hydrogen-bond acceptors (Lipinski definition) is 7. The summed E-state index contributed by atoms with van der Waals surface area (Å²) < 4.78 is 25.9. The summed E-state index contributed by atoms with van der Waals surface area (Å²) in [6.45, 7) is 4.97. The Bertz CT molecular complexity index is 2000. The van der Waals surface area contributed by atoms with Gasteiger partial charge in [-0.05, 0) is 67.6 Å². The van der Waals surface area contributed by atoms with Crippen LogP contribution < -0.4 is 15.1 Å². The SMILES string of the molecule is CS(=O)(=O)O.Cc1ccc(-c2ccccc2C(=O)Nc2ccc(C(=O)N3CCC(=O)N(CC(=O)N4CCN(C)CC4)c4ccccc43)cc2)cc1. The third kappa shape index (κ3) is 9.66. The zero-order valence-corrected chi connectivity index (χ0v) is 29.6. The summed E-state index contributed by atoms with van der Waals surface area (Å²) in [5, 5.41) is 2.96. The summed E-state index contributed by atoms with van der Waals surface area (Å²) >= 11 is 0. The maximum atomic E-state index is 13.8. The Kier molecular flexibility index (Phi) is 11.7. The van der Waals surface area contributed by atoms with Crippen LogP contribution in [0.5, 0.6) is 0 Å². The van der Waals surface area contributed by atoms with Crippen LogP contribution in [0, 0.1) is 6.92 Å². The topological polar surface area (TPSA) is 148 Å². The monoisotopic (exact) mass is 711 g/mol. The fraction of sp³-hybridized carbons (Fsp3) is 0.263. The van der Waals surface area contributed by atoms with Crippen LogP contribution in [-0.2, 0) is 19.7 Å². The number of rotatable bonds is 6. The van der Waals surface area contributed by atoms with E-state index in [-0.39, 0.29) is 43.1 Å². The number of anilines is 3. The van der Waals surface area contributed by atoms with Gasteiger partial charge in [0.15, 0.2) is 0 Å². The van der Waals surface area contributed by atoms with Crippen molar-refractivity contribution in [2.45, 2.75) is 13.3 Å². The second-order valence-electron chi connectivity index (χ2n) is 12.5. The highest BCUT2D eigenvalue weighted by atomic mass is 32.2. The Morgan fingerprint density at radius 2 is 1.37 bits per heavy atom. The van der Waals surface area contributed by atoms with Crippen molar-refractivity contribution in [1.29, 1.82) is 0 Å². The van der Waals surface area contributed by atoms with Gasteiger partial charge >= 0.3 is 0 Å². The van der Waals surface area contributed by atoms with E-state index in [9.17, 15) is 27.6 Å². The normalized spacial score (nSPS) is 14.9. The summed E-state index contributed by atoms with van der Waals surface area (Å²) in [6, 6.07) is 29.5. The number of carbonyl (C=O) groups excluding carboxylic acids is 4. The summed E-state index contributed by atoms with van der Waals surface area (Å²) in [5.74, 6) is -0.819. The summed E-state index contributed by atoms with van der Waals surface area (Å²) in [5.41, 5.74) is 5.57. The van der Waals surface area contributed by atoms with E-state index < -0.39 is 10.1 Å². The minimum atomic E-state index is -3.67. The van der Waals surface area contributed by atoms with Gasteiger partial charge in [-0.3, -0.25) is 23.7 Å². The number of hydrogen-bond donors (Lipinski definition) is 2. The lowest BCUT2D eigenvalue weighted by Gasteiger charge is -2.34. The number of nitrogens with one attached hydrogen (secondary N) is 1. The highest BCUT2D eigenvalue weighted by molar-refractivity contribution is 7.85. The van der Waals surface area contributed by atoms with Gasteiger partial charge in [-0.1, -0.05) is 60.2 Å². The van der Waals surface area contributed by atoms with E-state index in [0.717, 1.165) is 29.8 Å². The van der Waals surface area contributed by atoms with Crippen LogP contribution in [0.3, 0.4) is 0 Å². The third-order valence-corrected chi connectivity index (χ3v) is 8.63.